The van der Waals surface area contributed by atoms with Gasteiger partial charge in [-0.2, -0.15) is 0 Å². The van der Waals surface area contributed by atoms with E-state index in [4.69, 9.17) is 4.74 Å². The van der Waals surface area contributed by atoms with Gasteiger partial charge in [0.25, 0.3) is 0 Å². The van der Waals surface area contributed by atoms with E-state index in [1.54, 1.807) is 19.2 Å². The van der Waals surface area contributed by atoms with E-state index in [1.807, 2.05) is 18.2 Å². The summed E-state index contributed by atoms with van der Waals surface area (Å²) in [6, 6.07) is 9.19. The van der Waals surface area contributed by atoms with E-state index in [0.717, 1.165) is 0 Å². The van der Waals surface area contributed by atoms with Crippen LogP contribution in [0.25, 0.3) is 0 Å². The van der Waals surface area contributed by atoms with E-state index in [-0.39, 0.29) is 12.4 Å². The largest absolute Gasteiger partial charge is 0.485 e. The Morgan fingerprint density at radius 3 is 2.75 bits per heavy atom. The summed E-state index contributed by atoms with van der Waals surface area (Å²) in [5, 5.41) is 7.32. The number of ketones is 1. The van der Waals surface area contributed by atoms with E-state index < -0.39 is 0 Å². The topological polar surface area (TPSA) is 57.0 Å². The van der Waals surface area contributed by atoms with Crippen LogP contribution in [0.4, 0.5) is 0 Å². The molecule has 0 aliphatic heterocycles. The molecule has 0 saturated carbocycles. The number of ether oxygens (including phenoxy) is 1. The molecule has 0 saturated heterocycles. The van der Waals surface area contributed by atoms with E-state index in [1.165, 1.54) is 10.9 Å². The summed E-state index contributed by atoms with van der Waals surface area (Å²) in [4.78, 5) is 11.7. The van der Waals surface area contributed by atoms with Crippen molar-refractivity contribution in [3.05, 3.63) is 42.2 Å². The Balaban J connectivity index is 1.97. The number of hydrogen-bond acceptors (Lipinski definition) is 4. The number of aryl methyl sites for hydroxylation is 1. The van der Waals surface area contributed by atoms with Gasteiger partial charge in [-0.05, 0) is 12.1 Å². The third-order valence-electron chi connectivity index (χ3n) is 2.11. The van der Waals surface area contributed by atoms with Crippen LogP contribution in [0, 0.1) is 0 Å². The lowest BCUT2D eigenvalue weighted by molar-refractivity contribution is 0.0912. The number of rotatable bonds is 4. The number of benzene rings is 1. The lowest BCUT2D eigenvalue weighted by atomic mass is 10.3. The van der Waals surface area contributed by atoms with Crippen molar-refractivity contribution in [2.24, 2.45) is 7.05 Å². The molecular formula is C11H11N3O2. The monoisotopic (exact) mass is 217 g/mol. The molecule has 2 aromatic rings. The minimum absolute atomic E-state index is 0.00870. The second kappa shape index (κ2) is 4.57. The molecule has 0 fully saturated rings. The van der Waals surface area contributed by atoms with Gasteiger partial charge in [0.15, 0.2) is 6.61 Å². The highest BCUT2D eigenvalue weighted by Gasteiger charge is 2.11. The van der Waals surface area contributed by atoms with E-state index in [0.29, 0.717) is 11.4 Å². The zero-order valence-electron chi connectivity index (χ0n) is 8.83. The van der Waals surface area contributed by atoms with Gasteiger partial charge in [-0.25, -0.2) is 4.68 Å². The molecule has 5 heteroatoms. The summed E-state index contributed by atoms with van der Waals surface area (Å²) >= 11 is 0. The zero-order chi connectivity index (χ0) is 11.4. The maximum Gasteiger partial charge on any atom is 0.219 e. The van der Waals surface area contributed by atoms with Gasteiger partial charge in [-0.3, -0.25) is 4.79 Å². The van der Waals surface area contributed by atoms with Crippen molar-refractivity contribution < 1.29 is 9.53 Å². The van der Waals surface area contributed by atoms with Crippen LogP contribution in [0.1, 0.15) is 10.5 Å². The van der Waals surface area contributed by atoms with Gasteiger partial charge < -0.3 is 4.74 Å². The molecule has 0 radical (unpaired) electrons. The Kier molecular flexibility index (Phi) is 2.95. The van der Waals surface area contributed by atoms with Gasteiger partial charge in [0.2, 0.25) is 5.78 Å². The highest BCUT2D eigenvalue weighted by molar-refractivity contribution is 5.95. The highest BCUT2D eigenvalue weighted by atomic mass is 16.5. The van der Waals surface area contributed by atoms with Gasteiger partial charge in [0.05, 0.1) is 6.20 Å². The fourth-order valence-electron chi connectivity index (χ4n) is 1.28. The Bertz CT molecular complexity index is 479. The number of aromatic nitrogens is 3. The van der Waals surface area contributed by atoms with Crippen LogP contribution in [0.3, 0.4) is 0 Å². The molecule has 2 rings (SSSR count). The third kappa shape index (κ3) is 2.25. The Morgan fingerprint density at radius 2 is 2.12 bits per heavy atom. The average Bonchev–Trinajstić information content (AvgIpc) is 2.74. The van der Waals surface area contributed by atoms with E-state index in [9.17, 15) is 4.79 Å². The molecule has 0 aliphatic rings. The van der Waals surface area contributed by atoms with Crippen molar-refractivity contribution in [1.29, 1.82) is 0 Å². The molecule has 1 aromatic carbocycles. The first-order valence-corrected chi connectivity index (χ1v) is 4.83. The second-order valence-electron chi connectivity index (χ2n) is 3.27. The summed E-state index contributed by atoms with van der Waals surface area (Å²) in [6.45, 7) is -0.00870. The molecule has 0 bridgehead atoms. The zero-order valence-corrected chi connectivity index (χ0v) is 8.83. The predicted octanol–water partition coefficient (Wildman–Crippen LogP) is 1.08. The summed E-state index contributed by atoms with van der Waals surface area (Å²) in [6.07, 6.45) is 1.43. The smallest absolute Gasteiger partial charge is 0.219 e. The molecule has 0 spiro atoms. The lowest BCUT2D eigenvalue weighted by Gasteiger charge is -2.04. The van der Waals surface area contributed by atoms with Gasteiger partial charge in [-0.1, -0.05) is 23.4 Å². The lowest BCUT2D eigenvalue weighted by Crippen LogP contribution is -2.15. The SMILES string of the molecule is Cn1nncc1C(=O)COc1ccccc1. The van der Waals surface area contributed by atoms with Gasteiger partial charge in [0, 0.05) is 7.05 Å². The van der Waals surface area contributed by atoms with Crippen LogP contribution >= 0.6 is 0 Å². The van der Waals surface area contributed by atoms with Gasteiger partial charge in [-0.15, -0.1) is 5.10 Å². The second-order valence-corrected chi connectivity index (χ2v) is 3.27. The van der Waals surface area contributed by atoms with Crippen LogP contribution in [0.15, 0.2) is 36.5 Å². The van der Waals surface area contributed by atoms with Crippen molar-refractivity contribution in [2.75, 3.05) is 6.61 Å². The molecular weight excluding hydrogens is 206 g/mol. The maximum atomic E-state index is 11.7. The highest BCUT2D eigenvalue weighted by Crippen LogP contribution is 2.08. The van der Waals surface area contributed by atoms with Gasteiger partial charge in [0.1, 0.15) is 11.4 Å². The summed E-state index contributed by atoms with van der Waals surface area (Å²) in [5.41, 5.74) is 0.441. The molecule has 0 aliphatic carbocycles. The molecule has 5 nitrogen and oxygen atoms in total. The minimum Gasteiger partial charge on any atom is -0.485 e. The molecule has 1 heterocycles. The first kappa shape index (κ1) is 10.4. The standard InChI is InChI=1S/C11H11N3O2/c1-14-10(7-12-13-14)11(15)8-16-9-5-3-2-4-6-9/h2-7H,8H2,1H3. The van der Waals surface area contributed by atoms with Crippen molar-refractivity contribution in [1.82, 2.24) is 15.0 Å². The Labute approximate surface area is 92.7 Å². The fourth-order valence-corrected chi connectivity index (χ4v) is 1.28. The summed E-state index contributed by atoms with van der Waals surface area (Å²) in [7, 11) is 1.67. The summed E-state index contributed by atoms with van der Waals surface area (Å²) in [5.74, 6) is 0.530. The molecule has 16 heavy (non-hydrogen) atoms. The quantitative estimate of drug-likeness (QED) is 0.719. The number of para-hydroxylation sites is 1. The number of carbonyl (C=O) groups excluding carboxylic acids is 1. The van der Waals surface area contributed by atoms with Crippen molar-refractivity contribution in [3.8, 4) is 5.75 Å². The molecule has 0 atom stereocenters. The van der Waals surface area contributed by atoms with E-state index in [2.05, 4.69) is 10.3 Å². The van der Waals surface area contributed by atoms with Crippen LogP contribution in [-0.2, 0) is 7.05 Å². The minimum atomic E-state index is -0.142. The van der Waals surface area contributed by atoms with Crippen LogP contribution in [0.5, 0.6) is 5.75 Å². The number of carbonyl (C=O) groups is 1. The molecule has 0 N–H and O–H groups in total. The fraction of sp³-hybridized carbons (Fsp3) is 0.182. The summed E-state index contributed by atoms with van der Waals surface area (Å²) < 4.78 is 6.76. The normalized spacial score (nSPS) is 10.1. The third-order valence-corrected chi connectivity index (χ3v) is 2.11. The molecule has 0 amide bonds. The van der Waals surface area contributed by atoms with E-state index >= 15 is 0 Å². The molecule has 82 valence electrons. The van der Waals surface area contributed by atoms with Crippen molar-refractivity contribution in [3.63, 3.8) is 0 Å². The first-order valence-electron chi connectivity index (χ1n) is 4.83. The average molecular weight is 217 g/mol. The number of Topliss-reactive ketones (excluding diaryl/α,β-unsaturated/α-hetero) is 1. The molecule has 0 unspecified atom stereocenters. The maximum absolute atomic E-state index is 11.7. The Morgan fingerprint density at radius 1 is 1.38 bits per heavy atom. The molecule has 1 aromatic heterocycles. The predicted molar refractivity (Wildman–Crippen MR) is 57.3 cm³/mol. The first-order chi connectivity index (χ1) is 7.77. The number of hydrogen-bond donors (Lipinski definition) is 0. The van der Waals surface area contributed by atoms with Gasteiger partial charge >= 0.3 is 0 Å². The van der Waals surface area contributed by atoms with Crippen molar-refractivity contribution >= 4 is 5.78 Å². The van der Waals surface area contributed by atoms with Crippen molar-refractivity contribution in [2.45, 2.75) is 0 Å². The van der Waals surface area contributed by atoms with Crippen LogP contribution in [-0.4, -0.2) is 27.4 Å². The Hall–Kier alpha value is -2.17. The van der Waals surface area contributed by atoms with Crippen LogP contribution < -0.4 is 4.74 Å². The van der Waals surface area contributed by atoms with Crippen LogP contribution in [0.2, 0.25) is 0 Å². The number of nitrogens with zero attached hydrogens (tertiary/aromatic N) is 3.